The van der Waals surface area contributed by atoms with Crippen molar-refractivity contribution in [2.75, 3.05) is 98.4 Å². The molecule has 0 spiro atoms. The molecule has 2 fully saturated rings. The van der Waals surface area contributed by atoms with Crippen molar-refractivity contribution in [1.82, 2.24) is 19.9 Å². The number of nitrogens with zero attached hydrogens (tertiary/aromatic N) is 8. The van der Waals surface area contributed by atoms with E-state index < -0.39 is 11.7 Å². The molecule has 6 N–H and O–H groups in total. The molecule has 0 aliphatic carbocycles. The lowest BCUT2D eigenvalue weighted by atomic mass is 10.1. The lowest BCUT2D eigenvalue weighted by Gasteiger charge is -2.33. The Hall–Kier alpha value is -4.38. The first-order valence-electron chi connectivity index (χ1n) is 16.8. The Labute approximate surface area is 285 Å². The monoisotopic (exact) mass is 684 g/mol. The van der Waals surface area contributed by atoms with Gasteiger partial charge in [0.15, 0.2) is 17.4 Å². The number of carbonyl (C=O) groups is 2. The van der Waals surface area contributed by atoms with Gasteiger partial charge in [0.1, 0.15) is 22.3 Å². The van der Waals surface area contributed by atoms with Gasteiger partial charge in [-0.1, -0.05) is 6.07 Å². The number of aromatic nitrogens is 4. The number of phenols is 1. The maximum absolute atomic E-state index is 10.9. The van der Waals surface area contributed by atoms with Gasteiger partial charge in [0.05, 0.1) is 32.0 Å². The van der Waals surface area contributed by atoms with Crippen LogP contribution >= 0.6 is 0 Å². The maximum Gasteiger partial charge on any atom is 0.339 e. The SMILES string of the molecule is CC(=O)c1cccc(C(=O)O)c1O.OCCN(CCO)c1nc(N2CCCCC2)c2nc(N(CCO)CCO)nc(N3CCCCC3)c2n1. The highest BCUT2D eigenvalue weighted by Crippen LogP contribution is 2.34. The molecular weight excluding hydrogens is 636 g/mol. The number of carboxylic acid groups (broad SMARTS) is 1. The van der Waals surface area contributed by atoms with Crippen molar-refractivity contribution in [2.24, 2.45) is 0 Å². The number of benzene rings is 1. The molecule has 1 aromatic carbocycles. The number of aromatic hydroxyl groups is 1. The van der Waals surface area contributed by atoms with Crippen LogP contribution < -0.4 is 19.6 Å². The number of hydrogen-bond donors (Lipinski definition) is 6. The highest BCUT2D eigenvalue weighted by Gasteiger charge is 2.27. The van der Waals surface area contributed by atoms with Crippen LogP contribution in [0.5, 0.6) is 5.75 Å². The van der Waals surface area contributed by atoms with E-state index in [1.807, 2.05) is 0 Å². The number of rotatable bonds is 14. The molecule has 268 valence electrons. The fourth-order valence-corrected chi connectivity index (χ4v) is 6.00. The summed E-state index contributed by atoms with van der Waals surface area (Å²) < 4.78 is 0. The van der Waals surface area contributed by atoms with E-state index in [-0.39, 0.29) is 43.3 Å². The number of para-hydroxylation sites is 1. The largest absolute Gasteiger partial charge is 0.506 e. The second kappa shape index (κ2) is 18.4. The Kier molecular flexibility index (Phi) is 14.1. The average molecular weight is 685 g/mol. The third-order valence-corrected chi connectivity index (χ3v) is 8.49. The molecule has 0 amide bonds. The third kappa shape index (κ3) is 9.41. The fraction of sp³-hybridized carbons (Fsp3) is 0.576. The minimum absolute atomic E-state index is 0.0277. The maximum atomic E-state index is 10.9. The molecule has 2 aromatic heterocycles. The molecule has 0 radical (unpaired) electrons. The van der Waals surface area contributed by atoms with E-state index in [0.717, 1.165) is 63.5 Å². The van der Waals surface area contributed by atoms with E-state index >= 15 is 0 Å². The summed E-state index contributed by atoms with van der Waals surface area (Å²) in [5.74, 6) is 0.270. The topological polar surface area (TPSA) is 220 Å². The first kappa shape index (κ1) is 37.4. The fourth-order valence-electron chi connectivity index (χ4n) is 6.00. The quantitative estimate of drug-likeness (QED) is 0.132. The number of carboxylic acids is 1. The number of fused-ring (bicyclic) bond motifs is 1. The number of piperidine rings is 2. The molecule has 49 heavy (non-hydrogen) atoms. The van der Waals surface area contributed by atoms with E-state index in [1.165, 1.54) is 38.0 Å². The van der Waals surface area contributed by atoms with Crippen LogP contribution in [0.25, 0.3) is 11.0 Å². The zero-order chi connectivity index (χ0) is 35.3. The van der Waals surface area contributed by atoms with Crippen LogP contribution in [-0.4, -0.2) is 141 Å². The molecular formula is C33H48N8O8. The molecule has 2 saturated heterocycles. The van der Waals surface area contributed by atoms with Gasteiger partial charge in [-0.2, -0.15) is 9.97 Å². The van der Waals surface area contributed by atoms with Crippen LogP contribution in [0.15, 0.2) is 18.2 Å². The minimum Gasteiger partial charge on any atom is -0.506 e. The molecule has 2 aliphatic heterocycles. The van der Waals surface area contributed by atoms with Crippen LogP contribution in [0.4, 0.5) is 23.5 Å². The summed E-state index contributed by atoms with van der Waals surface area (Å²) >= 11 is 0. The zero-order valence-corrected chi connectivity index (χ0v) is 28.0. The number of aromatic carboxylic acids is 1. The van der Waals surface area contributed by atoms with Crippen molar-refractivity contribution in [3.63, 3.8) is 0 Å². The van der Waals surface area contributed by atoms with E-state index in [9.17, 15) is 35.1 Å². The zero-order valence-electron chi connectivity index (χ0n) is 28.0. The first-order chi connectivity index (χ1) is 23.7. The number of ketones is 1. The summed E-state index contributed by atoms with van der Waals surface area (Å²) in [6, 6.07) is 4.04. The van der Waals surface area contributed by atoms with Gasteiger partial charge >= 0.3 is 5.97 Å². The summed E-state index contributed by atoms with van der Waals surface area (Å²) in [5.41, 5.74) is 1.08. The van der Waals surface area contributed by atoms with E-state index in [0.29, 0.717) is 49.1 Å². The van der Waals surface area contributed by atoms with Gasteiger partial charge in [-0.25, -0.2) is 14.8 Å². The van der Waals surface area contributed by atoms with Crippen LogP contribution in [-0.2, 0) is 0 Å². The van der Waals surface area contributed by atoms with Gasteiger partial charge in [-0.05, 0) is 57.6 Å². The van der Waals surface area contributed by atoms with Gasteiger partial charge in [0.25, 0.3) is 0 Å². The minimum atomic E-state index is -1.25. The van der Waals surface area contributed by atoms with E-state index in [1.54, 1.807) is 9.80 Å². The lowest BCUT2D eigenvalue weighted by molar-refractivity contribution is 0.0693. The number of aliphatic hydroxyl groups excluding tert-OH is 4. The number of carbonyl (C=O) groups excluding carboxylic acids is 1. The smallest absolute Gasteiger partial charge is 0.339 e. The van der Waals surface area contributed by atoms with Crippen molar-refractivity contribution < 1.29 is 40.2 Å². The summed E-state index contributed by atoms with van der Waals surface area (Å²) in [4.78, 5) is 49.2. The van der Waals surface area contributed by atoms with Gasteiger partial charge in [0.2, 0.25) is 11.9 Å². The summed E-state index contributed by atoms with van der Waals surface area (Å²) in [7, 11) is 0. The standard InChI is InChI=1S/C24H40N8O4.C9H8O4/c33-15-11-31(12-16-34)23-26-20-19(21(27-23)29-7-3-1-4-8-29)25-24(32(13-17-35)14-18-36)28-22(20)30-9-5-2-6-10-30;1-5(10)6-3-2-4-7(8(6)11)9(12)13/h33-36H,1-18H2;2-4,11H,1H3,(H,12,13). The Balaban J connectivity index is 0.000000350. The Bertz CT molecular complexity index is 1430. The van der Waals surface area contributed by atoms with Crippen LogP contribution in [0.3, 0.4) is 0 Å². The van der Waals surface area contributed by atoms with Crippen molar-refractivity contribution in [2.45, 2.75) is 45.4 Å². The molecule has 4 heterocycles. The number of aliphatic hydroxyl groups is 4. The first-order valence-corrected chi connectivity index (χ1v) is 16.8. The normalized spacial score (nSPS) is 14.7. The molecule has 0 saturated carbocycles. The summed E-state index contributed by atoms with van der Waals surface area (Å²) in [6.45, 7) is 5.64. The molecule has 0 bridgehead atoms. The van der Waals surface area contributed by atoms with E-state index in [4.69, 9.17) is 25.0 Å². The van der Waals surface area contributed by atoms with Crippen LogP contribution in [0.2, 0.25) is 0 Å². The molecule has 0 atom stereocenters. The molecule has 3 aromatic rings. The van der Waals surface area contributed by atoms with Gasteiger partial charge in [0, 0.05) is 52.4 Å². The van der Waals surface area contributed by atoms with Crippen LogP contribution in [0, 0.1) is 0 Å². The molecule has 5 rings (SSSR count). The molecule has 2 aliphatic rings. The van der Waals surface area contributed by atoms with Crippen molar-refractivity contribution in [3.8, 4) is 5.75 Å². The second-order valence-electron chi connectivity index (χ2n) is 11.9. The van der Waals surface area contributed by atoms with Crippen LogP contribution in [0.1, 0.15) is 66.2 Å². The Morgan fingerprint density at radius 2 is 1.04 bits per heavy atom. The predicted molar refractivity (Wildman–Crippen MR) is 185 cm³/mol. The van der Waals surface area contributed by atoms with Gasteiger partial charge < -0.3 is 50.2 Å². The highest BCUT2D eigenvalue weighted by atomic mass is 16.4. The lowest BCUT2D eigenvalue weighted by Crippen LogP contribution is -2.36. The van der Waals surface area contributed by atoms with Gasteiger partial charge in [-0.3, -0.25) is 4.79 Å². The molecule has 16 heteroatoms. The average Bonchev–Trinajstić information content (AvgIpc) is 3.11. The summed E-state index contributed by atoms with van der Waals surface area (Å²) in [6.07, 6.45) is 6.61. The van der Waals surface area contributed by atoms with Crippen molar-refractivity contribution >= 4 is 46.3 Å². The Morgan fingerprint density at radius 3 is 1.39 bits per heavy atom. The molecule has 0 unspecified atom stereocenters. The highest BCUT2D eigenvalue weighted by molar-refractivity contribution is 6.01. The van der Waals surface area contributed by atoms with Crippen molar-refractivity contribution in [3.05, 3.63) is 29.3 Å². The van der Waals surface area contributed by atoms with Crippen molar-refractivity contribution in [1.29, 1.82) is 0 Å². The second-order valence-corrected chi connectivity index (χ2v) is 11.9. The van der Waals surface area contributed by atoms with E-state index in [2.05, 4.69) is 9.80 Å². The third-order valence-electron chi connectivity index (χ3n) is 8.49. The number of anilines is 4. The molecule has 16 nitrogen and oxygen atoms in total. The summed E-state index contributed by atoms with van der Waals surface area (Å²) in [5, 5.41) is 56.5. The Morgan fingerprint density at radius 1 is 0.653 bits per heavy atom. The number of hydrogen-bond acceptors (Lipinski definition) is 15. The predicted octanol–water partition coefficient (Wildman–Crippen LogP) is 1.28. The number of Topliss-reactive ketones (excluding diaryl/α,β-unsaturated/α-hetero) is 1. The van der Waals surface area contributed by atoms with Gasteiger partial charge in [-0.15, -0.1) is 0 Å².